The summed E-state index contributed by atoms with van der Waals surface area (Å²) in [6, 6.07) is 0.484. The van der Waals surface area contributed by atoms with Crippen molar-refractivity contribution in [2.24, 2.45) is 0 Å². The van der Waals surface area contributed by atoms with E-state index in [0.29, 0.717) is 12.6 Å². The maximum Gasteiger partial charge on any atom is 0.320 e. The average molecular weight is 228 g/mol. The van der Waals surface area contributed by atoms with Crippen LogP contribution in [0.1, 0.15) is 34.1 Å². The fourth-order valence-corrected chi connectivity index (χ4v) is 1.99. The summed E-state index contributed by atoms with van der Waals surface area (Å²) < 4.78 is 5.33. The third-order valence-electron chi connectivity index (χ3n) is 2.71. The maximum atomic E-state index is 11.7. The van der Waals surface area contributed by atoms with Gasteiger partial charge in [-0.05, 0) is 40.3 Å². The van der Waals surface area contributed by atoms with Crippen molar-refractivity contribution >= 4 is 5.97 Å². The molecule has 4 nitrogen and oxygen atoms in total. The van der Waals surface area contributed by atoms with Gasteiger partial charge in [-0.3, -0.25) is 9.69 Å². The van der Waals surface area contributed by atoms with E-state index in [9.17, 15) is 4.79 Å². The molecule has 0 aromatic rings. The van der Waals surface area contributed by atoms with Gasteiger partial charge in [0.1, 0.15) is 5.60 Å². The molecule has 1 saturated heterocycles. The maximum absolute atomic E-state index is 11.7. The van der Waals surface area contributed by atoms with Gasteiger partial charge in [0, 0.05) is 12.6 Å². The molecular formula is C12H24N2O2. The number of esters is 1. The van der Waals surface area contributed by atoms with Crippen LogP contribution in [-0.2, 0) is 9.53 Å². The summed E-state index contributed by atoms with van der Waals surface area (Å²) in [5.41, 5.74) is -0.385. The van der Waals surface area contributed by atoms with E-state index in [1.807, 2.05) is 20.8 Å². The molecule has 1 rings (SSSR count). The molecular weight excluding hydrogens is 204 g/mol. The monoisotopic (exact) mass is 228 g/mol. The number of rotatable bonds is 4. The summed E-state index contributed by atoms with van der Waals surface area (Å²) in [6.07, 6.45) is 1.12. The first-order valence-electron chi connectivity index (χ1n) is 6.09. The van der Waals surface area contributed by atoms with Gasteiger partial charge in [0.15, 0.2) is 0 Å². The molecule has 1 fully saturated rings. The van der Waals surface area contributed by atoms with Gasteiger partial charge in [-0.25, -0.2) is 0 Å². The van der Waals surface area contributed by atoms with E-state index in [1.165, 1.54) is 0 Å². The molecule has 1 aliphatic rings. The number of hydrogen-bond donors (Lipinski definition) is 1. The molecule has 0 saturated carbocycles. The van der Waals surface area contributed by atoms with Crippen molar-refractivity contribution in [3.8, 4) is 0 Å². The molecule has 4 heteroatoms. The van der Waals surface area contributed by atoms with Crippen LogP contribution in [0.5, 0.6) is 0 Å². The first kappa shape index (κ1) is 13.5. The fraction of sp³-hybridized carbons (Fsp3) is 0.917. The second-order valence-electron chi connectivity index (χ2n) is 5.30. The molecule has 1 heterocycles. The molecule has 1 atom stereocenters. The Morgan fingerprint density at radius 1 is 1.50 bits per heavy atom. The van der Waals surface area contributed by atoms with Crippen LogP contribution in [0.25, 0.3) is 0 Å². The average Bonchev–Trinajstić information content (AvgIpc) is 2.63. The summed E-state index contributed by atoms with van der Waals surface area (Å²) in [4.78, 5) is 13.9. The van der Waals surface area contributed by atoms with Crippen molar-refractivity contribution < 1.29 is 9.53 Å². The number of carbonyl (C=O) groups is 1. The van der Waals surface area contributed by atoms with Crippen LogP contribution < -0.4 is 5.32 Å². The van der Waals surface area contributed by atoms with E-state index < -0.39 is 0 Å². The highest BCUT2D eigenvalue weighted by molar-refractivity contribution is 5.72. The van der Waals surface area contributed by atoms with Crippen LogP contribution in [-0.4, -0.2) is 48.7 Å². The van der Waals surface area contributed by atoms with Gasteiger partial charge in [-0.2, -0.15) is 0 Å². The van der Waals surface area contributed by atoms with Crippen LogP contribution in [0, 0.1) is 0 Å². The molecule has 1 N–H and O–H groups in total. The number of nitrogens with zero attached hydrogens (tertiary/aromatic N) is 1. The van der Waals surface area contributed by atoms with Gasteiger partial charge in [-0.15, -0.1) is 0 Å². The molecule has 0 aromatic heterocycles. The summed E-state index contributed by atoms with van der Waals surface area (Å²) in [6.45, 7) is 11.1. The van der Waals surface area contributed by atoms with E-state index in [4.69, 9.17) is 4.74 Å². The lowest BCUT2D eigenvalue weighted by Gasteiger charge is -2.27. The molecule has 0 radical (unpaired) electrons. The number of ether oxygens (including phenoxy) is 1. The minimum absolute atomic E-state index is 0.124. The van der Waals surface area contributed by atoms with Gasteiger partial charge in [0.2, 0.25) is 0 Å². The van der Waals surface area contributed by atoms with E-state index in [2.05, 4.69) is 17.1 Å². The Hall–Kier alpha value is -0.610. The van der Waals surface area contributed by atoms with E-state index in [1.54, 1.807) is 0 Å². The third kappa shape index (κ3) is 4.49. The summed E-state index contributed by atoms with van der Waals surface area (Å²) in [5.74, 6) is -0.124. The standard InChI is InChI=1S/C12H24N2O2/c1-5-14(10-6-7-13-8-10)9-11(15)16-12(2,3)4/h10,13H,5-9H2,1-4H3. The van der Waals surface area contributed by atoms with Gasteiger partial charge in [-0.1, -0.05) is 6.92 Å². The fourth-order valence-electron chi connectivity index (χ4n) is 1.99. The molecule has 1 aliphatic heterocycles. The number of nitrogens with one attached hydrogen (secondary N) is 1. The van der Waals surface area contributed by atoms with Crippen molar-refractivity contribution in [1.29, 1.82) is 0 Å². The number of carbonyl (C=O) groups excluding carboxylic acids is 1. The smallest absolute Gasteiger partial charge is 0.320 e. The molecule has 0 spiro atoms. The third-order valence-corrected chi connectivity index (χ3v) is 2.71. The Morgan fingerprint density at radius 2 is 2.19 bits per heavy atom. The summed E-state index contributed by atoms with van der Waals surface area (Å²) >= 11 is 0. The van der Waals surface area contributed by atoms with E-state index in [-0.39, 0.29) is 11.6 Å². The number of likely N-dealkylation sites (N-methyl/N-ethyl adjacent to an activating group) is 1. The van der Waals surface area contributed by atoms with Gasteiger partial charge in [0.25, 0.3) is 0 Å². The van der Waals surface area contributed by atoms with Gasteiger partial charge in [0.05, 0.1) is 6.54 Å². The minimum atomic E-state index is -0.385. The van der Waals surface area contributed by atoms with Crippen molar-refractivity contribution in [2.45, 2.75) is 45.8 Å². The quantitative estimate of drug-likeness (QED) is 0.729. The van der Waals surface area contributed by atoms with E-state index in [0.717, 1.165) is 26.1 Å². The van der Waals surface area contributed by atoms with Crippen LogP contribution in [0.4, 0.5) is 0 Å². The molecule has 94 valence electrons. The molecule has 0 bridgehead atoms. The first-order chi connectivity index (χ1) is 7.42. The molecule has 16 heavy (non-hydrogen) atoms. The zero-order valence-corrected chi connectivity index (χ0v) is 10.9. The highest BCUT2D eigenvalue weighted by Crippen LogP contribution is 2.11. The molecule has 0 aliphatic carbocycles. The second-order valence-corrected chi connectivity index (χ2v) is 5.30. The summed E-state index contributed by atoms with van der Waals surface area (Å²) in [5, 5.41) is 3.31. The second kappa shape index (κ2) is 5.64. The zero-order chi connectivity index (χ0) is 12.2. The Balaban J connectivity index is 2.40. The van der Waals surface area contributed by atoms with Crippen LogP contribution in [0.3, 0.4) is 0 Å². The van der Waals surface area contributed by atoms with Crippen LogP contribution in [0.15, 0.2) is 0 Å². The van der Waals surface area contributed by atoms with Gasteiger partial charge < -0.3 is 10.1 Å². The Labute approximate surface area is 98.3 Å². The number of hydrogen-bond acceptors (Lipinski definition) is 4. The predicted molar refractivity (Wildman–Crippen MR) is 64.4 cm³/mol. The lowest BCUT2D eigenvalue weighted by Crippen LogP contribution is -2.42. The van der Waals surface area contributed by atoms with Crippen LogP contribution >= 0.6 is 0 Å². The van der Waals surface area contributed by atoms with Crippen molar-refractivity contribution in [1.82, 2.24) is 10.2 Å². The van der Waals surface area contributed by atoms with E-state index >= 15 is 0 Å². The largest absolute Gasteiger partial charge is 0.459 e. The topological polar surface area (TPSA) is 41.6 Å². The Morgan fingerprint density at radius 3 is 2.62 bits per heavy atom. The van der Waals surface area contributed by atoms with Gasteiger partial charge >= 0.3 is 5.97 Å². The zero-order valence-electron chi connectivity index (χ0n) is 10.9. The van der Waals surface area contributed by atoms with Crippen molar-refractivity contribution in [2.75, 3.05) is 26.2 Å². The minimum Gasteiger partial charge on any atom is -0.459 e. The van der Waals surface area contributed by atoms with Crippen molar-refractivity contribution in [3.63, 3.8) is 0 Å². The highest BCUT2D eigenvalue weighted by Gasteiger charge is 2.25. The summed E-state index contributed by atoms with van der Waals surface area (Å²) in [7, 11) is 0. The molecule has 0 amide bonds. The SMILES string of the molecule is CCN(CC(=O)OC(C)(C)C)C1CCNC1. The Bertz CT molecular complexity index is 230. The van der Waals surface area contributed by atoms with Crippen molar-refractivity contribution in [3.05, 3.63) is 0 Å². The lowest BCUT2D eigenvalue weighted by molar-refractivity contribution is -0.156. The highest BCUT2D eigenvalue weighted by atomic mass is 16.6. The molecule has 0 aromatic carbocycles. The molecule has 1 unspecified atom stereocenters. The lowest BCUT2D eigenvalue weighted by atomic mass is 10.2. The Kier molecular flexibility index (Phi) is 4.74. The van der Waals surface area contributed by atoms with Crippen LogP contribution in [0.2, 0.25) is 0 Å². The normalized spacial score (nSPS) is 21.4. The first-order valence-corrected chi connectivity index (χ1v) is 6.09. The predicted octanol–water partition coefficient (Wildman–Crippen LogP) is 1.01.